The molecule has 8 heteroatoms. The molecule has 0 radical (unpaired) electrons. The number of amides is 1. The van der Waals surface area contributed by atoms with Crippen molar-refractivity contribution in [1.29, 1.82) is 0 Å². The van der Waals surface area contributed by atoms with Gasteiger partial charge in [-0.3, -0.25) is 14.8 Å². The SMILES string of the molecule is C[C@@H](NC(=O)c1ccc(C(C)(C)C)nc1)c1ccc(OCC(F)(F)F)cn1. The van der Waals surface area contributed by atoms with Crippen molar-refractivity contribution >= 4 is 5.91 Å². The molecule has 0 spiro atoms. The van der Waals surface area contributed by atoms with Gasteiger partial charge < -0.3 is 10.1 Å². The van der Waals surface area contributed by atoms with Gasteiger partial charge in [0, 0.05) is 17.3 Å². The number of ether oxygens (including phenoxy) is 1. The second kappa shape index (κ2) is 7.94. The number of rotatable bonds is 5. The quantitative estimate of drug-likeness (QED) is 0.843. The van der Waals surface area contributed by atoms with Crippen LogP contribution in [0.15, 0.2) is 36.7 Å². The molecule has 2 aromatic heterocycles. The van der Waals surface area contributed by atoms with E-state index in [-0.39, 0.29) is 17.1 Å². The Bertz CT molecular complexity index is 767. The Morgan fingerprint density at radius 1 is 1.11 bits per heavy atom. The third kappa shape index (κ3) is 6.23. The number of hydrogen-bond acceptors (Lipinski definition) is 4. The molecule has 2 rings (SSSR count). The smallest absolute Gasteiger partial charge is 0.422 e. The number of carbonyl (C=O) groups is 1. The molecule has 5 nitrogen and oxygen atoms in total. The highest BCUT2D eigenvalue weighted by molar-refractivity contribution is 5.94. The minimum Gasteiger partial charge on any atom is -0.483 e. The molecule has 0 unspecified atom stereocenters. The van der Waals surface area contributed by atoms with Crippen molar-refractivity contribution < 1.29 is 22.7 Å². The number of hydrogen-bond donors (Lipinski definition) is 1. The number of pyridine rings is 2. The number of aromatic nitrogens is 2. The molecular formula is C19H22F3N3O2. The van der Waals surface area contributed by atoms with Gasteiger partial charge in [-0.25, -0.2) is 0 Å². The van der Waals surface area contributed by atoms with Gasteiger partial charge in [-0.15, -0.1) is 0 Å². The summed E-state index contributed by atoms with van der Waals surface area (Å²) in [6, 6.07) is 5.98. The third-order valence-electron chi connectivity index (χ3n) is 3.75. The van der Waals surface area contributed by atoms with Gasteiger partial charge in [0.1, 0.15) is 5.75 Å². The summed E-state index contributed by atoms with van der Waals surface area (Å²) in [6.07, 6.45) is -1.69. The van der Waals surface area contributed by atoms with Crippen molar-refractivity contribution in [3.05, 3.63) is 53.6 Å². The largest absolute Gasteiger partial charge is 0.483 e. The Morgan fingerprint density at radius 2 is 1.81 bits per heavy atom. The van der Waals surface area contributed by atoms with E-state index in [1.165, 1.54) is 24.5 Å². The molecule has 0 aliphatic rings. The van der Waals surface area contributed by atoms with Crippen LogP contribution in [0, 0.1) is 0 Å². The summed E-state index contributed by atoms with van der Waals surface area (Å²) in [5.74, 6) is -0.300. The normalized spacial score (nSPS) is 13.1. The van der Waals surface area contributed by atoms with Crippen LogP contribution in [0.4, 0.5) is 13.2 Å². The maximum Gasteiger partial charge on any atom is 0.422 e. The Hall–Kier alpha value is -2.64. The van der Waals surface area contributed by atoms with Crippen LogP contribution in [0.5, 0.6) is 5.75 Å². The first-order valence-electron chi connectivity index (χ1n) is 8.38. The standard InChI is InChI=1S/C19H22F3N3O2/c1-12(15-7-6-14(10-23-15)27-11-19(20,21)22)25-17(26)13-5-8-16(24-9-13)18(2,3)4/h5-10,12H,11H2,1-4H3,(H,25,26)/t12-/m1/s1. The minimum absolute atomic E-state index is 0.0107. The van der Waals surface area contributed by atoms with Gasteiger partial charge >= 0.3 is 6.18 Å². The number of alkyl halides is 3. The average Bonchev–Trinajstić information content (AvgIpc) is 2.59. The summed E-state index contributed by atoms with van der Waals surface area (Å²) in [5, 5.41) is 2.78. The zero-order valence-corrected chi connectivity index (χ0v) is 15.6. The Labute approximate surface area is 156 Å². The predicted octanol–water partition coefficient (Wildman–Crippen LogP) is 4.21. The van der Waals surface area contributed by atoms with Gasteiger partial charge in [0.25, 0.3) is 5.91 Å². The van der Waals surface area contributed by atoms with Crippen molar-refractivity contribution in [3.63, 3.8) is 0 Å². The maximum atomic E-state index is 12.3. The number of nitrogens with one attached hydrogen (secondary N) is 1. The first-order chi connectivity index (χ1) is 12.5. The molecule has 0 aromatic carbocycles. The van der Waals surface area contributed by atoms with Gasteiger partial charge in [-0.2, -0.15) is 13.2 Å². The fraction of sp³-hybridized carbons (Fsp3) is 0.421. The molecule has 1 N–H and O–H groups in total. The first-order valence-corrected chi connectivity index (χ1v) is 8.38. The minimum atomic E-state index is -4.41. The fourth-order valence-electron chi connectivity index (χ4n) is 2.22. The molecule has 0 saturated carbocycles. The Balaban J connectivity index is 1.97. The second-order valence-corrected chi connectivity index (χ2v) is 7.20. The van der Waals surface area contributed by atoms with E-state index in [1.807, 2.05) is 26.8 Å². The van der Waals surface area contributed by atoms with Crippen LogP contribution >= 0.6 is 0 Å². The topological polar surface area (TPSA) is 64.1 Å². The molecule has 2 aromatic rings. The lowest BCUT2D eigenvalue weighted by molar-refractivity contribution is -0.153. The fourth-order valence-corrected chi connectivity index (χ4v) is 2.22. The summed E-state index contributed by atoms with van der Waals surface area (Å²) in [4.78, 5) is 20.7. The van der Waals surface area contributed by atoms with E-state index in [1.54, 1.807) is 13.0 Å². The van der Waals surface area contributed by atoms with E-state index in [0.717, 1.165) is 5.69 Å². The van der Waals surface area contributed by atoms with Gasteiger partial charge in [0.2, 0.25) is 0 Å². The van der Waals surface area contributed by atoms with E-state index in [9.17, 15) is 18.0 Å². The van der Waals surface area contributed by atoms with E-state index in [0.29, 0.717) is 11.3 Å². The van der Waals surface area contributed by atoms with Gasteiger partial charge in [-0.1, -0.05) is 20.8 Å². The summed E-state index contributed by atoms with van der Waals surface area (Å²) in [6.45, 7) is 6.45. The summed E-state index contributed by atoms with van der Waals surface area (Å²) in [7, 11) is 0. The lowest BCUT2D eigenvalue weighted by Gasteiger charge is -2.18. The predicted molar refractivity (Wildman–Crippen MR) is 94.6 cm³/mol. The molecule has 146 valence electrons. The monoisotopic (exact) mass is 381 g/mol. The molecule has 0 aliphatic carbocycles. The molecule has 1 atom stereocenters. The summed E-state index contributed by atoms with van der Waals surface area (Å²) < 4.78 is 41.0. The van der Waals surface area contributed by atoms with Crippen LogP contribution in [0.2, 0.25) is 0 Å². The lowest BCUT2D eigenvalue weighted by atomic mass is 9.91. The highest BCUT2D eigenvalue weighted by Gasteiger charge is 2.28. The van der Waals surface area contributed by atoms with Crippen LogP contribution in [0.1, 0.15) is 55.5 Å². The number of carbonyl (C=O) groups excluding carboxylic acids is 1. The van der Waals surface area contributed by atoms with E-state index in [4.69, 9.17) is 0 Å². The van der Waals surface area contributed by atoms with E-state index >= 15 is 0 Å². The molecule has 0 aliphatic heterocycles. The van der Waals surface area contributed by atoms with Gasteiger partial charge in [-0.05, 0) is 31.2 Å². The maximum absolute atomic E-state index is 12.3. The van der Waals surface area contributed by atoms with Crippen LogP contribution in [-0.4, -0.2) is 28.7 Å². The van der Waals surface area contributed by atoms with E-state index in [2.05, 4.69) is 20.0 Å². The lowest BCUT2D eigenvalue weighted by Crippen LogP contribution is -2.27. The first kappa shape index (κ1) is 20.7. The van der Waals surface area contributed by atoms with Crippen LogP contribution in [-0.2, 0) is 5.41 Å². The van der Waals surface area contributed by atoms with Crippen molar-refractivity contribution in [2.45, 2.75) is 45.3 Å². The zero-order chi connectivity index (χ0) is 20.2. The molecule has 1 amide bonds. The highest BCUT2D eigenvalue weighted by Crippen LogP contribution is 2.21. The van der Waals surface area contributed by atoms with Crippen molar-refractivity contribution in [2.75, 3.05) is 6.61 Å². The van der Waals surface area contributed by atoms with Crippen LogP contribution in [0.25, 0.3) is 0 Å². The zero-order valence-electron chi connectivity index (χ0n) is 15.6. The Morgan fingerprint density at radius 3 is 2.30 bits per heavy atom. The highest BCUT2D eigenvalue weighted by atomic mass is 19.4. The number of halogens is 3. The molecule has 0 bridgehead atoms. The summed E-state index contributed by atoms with van der Waals surface area (Å²) in [5.41, 5.74) is 1.69. The Kier molecular flexibility index (Phi) is 6.08. The molecule has 2 heterocycles. The van der Waals surface area contributed by atoms with E-state index < -0.39 is 18.8 Å². The van der Waals surface area contributed by atoms with Crippen molar-refractivity contribution in [3.8, 4) is 5.75 Å². The van der Waals surface area contributed by atoms with Crippen molar-refractivity contribution in [1.82, 2.24) is 15.3 Å². The third-order valence-corrected chi connectivity index (χ3v) is 3.75. The average molecular weight is 381 g/mol. The summed E-state index contributed by atoms with van der Waals surface area (Å²) >= 11 is 0. The van der Waals surface area contributed by atoms with Crippen LogP contribution < -0.4 is 10.1 Å². The van der Waals surface area contributed by atoms with Gasteiger partial charge in [0.05, 0.1) is 23.5 Å². The van der Waals surface area contributed by atoms with Crippen LogP contribution in [0.3, 0.4) is 0 Å². The molecular weight excluding hydrogens is 359 g/mol. The van der Waals surface area contributed by atoms with Gasteiger partial charge in [0.15, 0.2) is 6.61 Å². The molecule has 0 fully saturated rings. The molecule has 0 saturated heterocycles. The van der Waals surface area contributed by atoms with Crippen molar-refractivity contribution in [2.24, 2.45) is 0 Å². The second-order valence-electron chi connectivity index (χ2n) is 7.20. The number of nitrogens with zero attached hydrogens (tertiary/aromatic N) is 2. The molecule has 27 heavy (non-hydrogen) atoms.